The summed E-state index contributed by atoms with van der Waals surface area (Å²) in [6.07, 6.45) is 12.1. The third-order valence-electron chi connectivity index (χ3n) is 11.1. The molecule has 0 fully saturated rings. The summed E-state index contributed by atoms with van der Waals surface area (Å²) in [5.74, 6) is 235. The zero-order chi connectivity index (χ0) is 78.9. The van der Waals surface area contributed by atoms with E-state index in [1.54, 1.807) is 13.8 Å². The molecule has 0 bridgehead atoms. The summed E-state index contributed by atoms with van der Waals surface area (Å²) < 4.78 is 2.16. The van der Waals surface area contributed by atoms with Gasteiger partial charge in [-0.25, -0.2) is 0 Å². The van der Waals surface area contributed by atoms with E-state index in [0.717, 1.165) is 27.9 Å². The van der Waals surface area contributed by atoms with Gasteiger partial charge < -0.3 is 0 Å². The van der Waals surface area contributed by atoms with Crippen LogP contribution in [0.1, 0.15) is 30.5 Å². The van der Waals surface area contributed by atoms with Crippen molar-refractivity contribution in [2.75, 3.05) is 0 Å². The molecule has 2 aromatic rings. The Hall–Kier alpha value is -22.4. The molecule has 1 aromatic heterocycles. The molecule has 5 rings (SSSR count). The normalized spacial score (nSPS) is 7.89. The van der Waals surface area contributed by atoms with E-state index in [1.807, 2.05) is 30.5 Å². The lowest BCUT2D eigenvalue weighted by molar-refractivity contribution is -0.672. The molecule has 112 heavy (non-hydrogen) atoms. The van der Waals surface area contributed by atoms with Gasteiger partial charge in [-0.05, 0) is 404 Å². The number of hydrogen-bond donors (Lipinski definition) is 0. The molecule has 1 nitrogen and oxygen atoms in total. The highest BCUT2D eigenvalue weighted by Crippen LogP contribution is 2.61. The first-order chi connectivity index (χ1) is 55.7. The fourth-order valence-corrected chi connectivity index (χ4v) is 7.65. The molecule has 1 atom stereocenters. The highest BCUT2D eigenvalue weighted by molar-refractivity contribution is 5.93. The van der Waals surface area contributed by atoms with Crippen LogP contribution in [0.2, 0.25) is 0 Å². The predicted octanol–water partition coefficient (Wildman–Crippen LogP) is 3.66. The number of fused-ring (bicyclic) bond motifs is 2. The van der Waals surface area contributed by atoms with Crippen molar-refractivity contribution in [2.24, 2.45) is 0 Å². The van der Waals surface area contributed by atoms with Crippen LogP contribution in [0.25, 0.3) is 11.3 Å². The Morgan fingerprint density at radius 1 is 0.232 bits per heavy atom. The van der Waals surface area contributed by atoms with Gasteiger partial charge in [0, 0.05) is 147 Å². The first-order valence-electron chi connectivity index (χ1n) is 30.2. The topological polar surface area (TPSA) is 3.88 Å². The monoisotopic (exact) mass is 1360 g/mol. The Kier molecular flexibility index (Phi) is 39.9. The Labute approximate surface area is 658 Å². The number of rotatable bonds is 0. The summed E-state index contributed by atoms with van der Waals surface area (Å²) in [5.41, 5.74) is 5.01. The second kappa shape index (κ2) is 55.6. The first kappa shape index (κ1) is 80.3. The van der Waals surface area contributed by atoms with Crippen LogP contribution in [0.15, 0.2) is 58.8 Å². The van der Waals surface area contributed by atoms with Crippen molar-refractivity contribution in [3.8, 4) is 557 Å². The Morgan fingerprint density at radius 3 is 0.670 bits per heavy atom. The maximum Gasteiger partial charge on any atom is 0.218 e. The van der Waals surface area contributed by atoms with Crippen LogP contribution >= 0.6 is 0 Å². The SMILES string of the molecule is C#CC#CC#CC#CC#CC#CC#CC#CC#CC#CC#CC#CC1=C(C#CC#CC#CC#CC#CC#CC#CC#CC#CC#CC#CC#CC)C(C#CC#CC#CC#CC#CC#CC#CC#CC#CC#CC#CC)=C(C#CC#CC#CC#CC#CC#CC#CC#CC#CC#CC#C)C12c1cccc3c1-c1c2ccc[n+]1C3. The largest absolute Gasteiger partial charge is 0.218 e. The van der Waals surface area contributed by atoms with Crippen LogP contribution in [0.4, 0.5) is 0 Å². The maximum absolute atomic E-state index is 5.05. The quantitative estimate of drug-likeness (QED) is 0.240. The molecule has 0 saturated carbocycles. The van der Waals surface area contributed by atoms with Gasteiger partial charge in [-0.15, -0.1) is 12.8 Å². The van der Waals surface area contributed by atoms with Gasteiger partial charge in [0.05, 0.1) is 22.1 Å². The molecule has 1 aliphatic heterocycles. The third-order valence-corrected chi connectivity index (χ3v) is 11.1. The highest BCUT2D eigenvalue weighted by atomic mass is 15.0. The van der Waals surface area contributed by atoms with Crippen molar-refractivity contribution in [3.63, 3.8) is 0 Å². The minimum atomic E-state index is -1.27. The van der Waals surface area contributed by atoms with Crippen molar-refractivity contribution in [1.82, 2.24) is 0 Å². The van der Waals surface area contributed by atoms with Gasteiger partial charge in [0.1, 0.15) is 0 Å². The van der Waals surface area contributed by atoms with E-state index in [9.17, 15) is 0 Å². The number of allylic oxidation sites excluding steroid dienone is 4. The average molecular weight is 1360 g/mol. The Balaban J connectivity index is 1.65. The number of pyridine rings is 1. The van der Waals surface area contributed by atoms with Crippen molar-refractivity contribution in [3.05, 3.63) is 75.5 Å². The molecule has 1 unspecified atom stereocenters. The van der Waals surface area contributed by atoms with Crippen molar-refractivity contribution in [2.45, 2.75) is 25.8 Å². The van der Waals surface area contributed by atoms with Crippen molar-refractivity contribution in [1.29, 1.82) is 0 Å². The van der Waals surface area contributed by atoms with Crippen LogP contribution in [-0.4, -0.2) is 0 Å². The standard InChI is InChI=1S/C111H16N/c1-5-9-13-17-21-25-29-33-37-41-45-49-51-53-56-60-64-68-72-76-80-84-88-95-104-103(94-87-83-79-75-71-67-63-59-55-52-47-43-39-35-31-27-23-19-15-11-7-3)105(96-89-85-81-77-73-69-65-61-57-48-44-40-36-32-28-24-20-16-12-8-4)111(107-98-91-93-102-101-112-100-92-99-108(111)110(112)109(102)107)106(104)97-90-86-82-78-74-70-66-62-58-54-50-46-42-38-34-30-26-22-18-14-10-6-2/h2,4,91-93,98-100H,101H2,1,3H3/q+1. The van der Waals surface area contributed by atoms with E-state index in [4.69, 9.17) is 12.8 Å². The summed E-state index contributed by atoms with van der Waals surface area (Å²) in [6, 6.07) is 10.0. The lowest BCUT2D eigenvalue weighted by Gasteiger charge is -2.29. The number of hydrogen-bond acceptors (Lipinski definition) is 0. The lowest BCUT2D eigenvalue weighted by Crippen LogP contribution is -2.36. The van der Waals surface area contributed by atoms with E-state index >= 15 is 0 Å². The summed E-state index contributed by atoms with van der Waals surface area (Å²) in [6.45, 7) is 3.96. The summed E-state index contributed by atoms with van der Waals surface area (Å²) >= 11 is 0. The summed E-state index contributed by atoms with van der Waals surface area (Å²) in [7, 11) is 0. The minimum absolute atomic E-state index is 0.341. The molecular formula is C111H16N+. The molecule has 2 aliphatic carbocycles. The van der Waals surface area contributed by atoms with Gasteiger partial charge in [0.15, 0.2) is 12.7 Å². The number of nitrogens with zero attached hydrogens (tertiary/aromatic N) is 1. The van der Waals surface area contributed by atoms with E-state index in [2.05, 4.69) is 543 Å². The fraction of sp³-hybridized carbons (Fsp3) is 0.0360. The number of aromatic nitrogens is 1. The van der Waals surface area contributed by atoms with E-state index in [-0.39, 0.29) is 0 Å². The smallest absolute Gasteiger partial charge is 0.194 e. The molecule has 0 amide bonds. The zero-order valence-electron chi connectivity index (χ0n) is 57.8. The average Bonchev–Trinajstić information content (AvgIpc) is 1.50. The van der Waals surface area contributed by atoms with E-state index in [1.165, 1.54) is 0 Å². The van der Waals surface area contributed by atoms with Gasteiger partial charge in [-0.2, -0.15) is 4.57 Å². The molecule has 2 heterocycles. The van der Waals surface area contributed by atoms with Crippen molar-refractivity contribution < 1.29 is 4.57 Å². The van der Waals surface area contributed by atoms with Gasteiger partial charge in [-0.3, -0.25) is 0 Å². The number of benzene rings is 1. The number of terminal acetylenes is 2. The molecule has 1 aromatic carbocycles. The van der Waals surface area contributed by atoms with Crippen molar-refractivity contribution >= 4 is 0 Å². The van der Waals surface area contributed by atoms with Gasteiger partial charge in [0.25, 0.3) is 0 Å². The fourth-order valence-electron chi connectivity index (χ4n) is 7.65. The molecular weight excluding hydrogens is 1350 g/mol. The summed E-state index contributed by atoms with van der Waals surface area (Å²) in [4.78, 5) is 0. The van der Waals surface area contributed by atoms with Crippen LogP contribution in [-0.2, 0) is 12.0 Å². The highest BCUT2D eigenvalue weighted by Gasteiger charge is 2.59. The van der Waals surface area contributed by atoms with Gasteiger partial charge in [-0.1, -0.05) is 53.7 Å². The molecule has 1 spiro atoms. The van der Waals surface area contributed by atoms with Crippen LogP contribution in [0.5, 0.6) is 0 Å². The van der Waals surface area contributed by atoms with Crippen LogP contribution in [0, 0.1) is 546 Å². The lowest BCUT2D eigenvalue weighted by atomic mass is 9.69. The molecule has 0 N–H and O–H groups in total. The van der Waals surface area contributed by atoms with Crippen LogP contribution in [0.3, 0.4) is 0 Å². The Morgan fingerprint density at radius 2 is 0.438 bits per heavy atom. The van der Waals surface area contributed by atoms with E-state index in [0.29, 0.717) is 28.8 Å². The Bertz CT molecular complexity index is 7930. The molecule has 3 aliphatic rings. The second-order valence-electron chi connectivity index (χ2n) is 17.5. The minimum Gasteiger partial charge on any atom is -0.194 e. The molecule has 0 saturated heterocycles. The second-order valence-corrected chi connectivity index (χ2v) is 17.5. The third kappa shape index (κ3) is 31.9. The molecule has 464 valence electrons. The van der Waals surface area contributed by atoms with Gasteiger partial charge >= 0.3 is 0 Å². The molecule has 1 heteroatoms. The van der Waals surface area contributed by atoms with Crippen LogP contribution < -0.4 is 4.57 Å². The predicted molar refractivity (Wildman–Crippen MR) is 437 cm³/mol. The first-order valence-corrected chi connectivity index (χ1v) is 30.2. The van der Waals surface area contributed by atoms with Gasteiger partial charge in [0.2, 0.25) is 5.69 Å². The maximum atomic E-state index is 5.05. The van der Waals surface area contributed by atoms with E-state index < -0.39 is 5.41 Å². The summed E-state index contributed by atoms with van der Waals surface area (Å²) in [5, 5.41) is 0. The molecule has 0 radical (unpaired) electrons. The zero-order valence-corrected chi connectivity index (χ0v) is 57.8.